The Labute approximate surface area is 109 Å². The summed E-state index contributed by atoms with van der Waals surface area (Å²) in [5.41, 5.74) is 2.46. The summed E-state index contributed by atoms with van der Waals surface area (Å²) in [7, 11) is 0. The lowest BCUT2D eigenvalue weighted by molar-refractivity contribution is -0.131. The molecule has 0 atom stereocenters. The van der Waals surface area contributed by atoms with Gasteiger partial charge >= 0.3 is 0 Å². The highest BCUT2D eigenvalue weighted by Gasteiger charge is 2.32. The quantitative estimate of drug-likeness (QED) is 0.776. The molecule has 2 rings (SSSR count). The van der Waals surface area contributed by atoms with Crippen molar-refractivity contribution in [3.05, 3.63) is 42.0 Å². The molecule has 0 heterocycles. The van der Waals surface area contributed by atoms with Crippen LogP contribution in [0.5, 0.6) is 0 Å². The molecule has 1 aromatic rings. The molecule has 96 valence electrons. The largest absolute Gasteiger partial charge is 0.339 e. The SMILES string of the molecule is CCN(C/C=C(\C)c1ccccc1)C(=O)C1CC1. The summed E-state index contributed by atoms with van der Waals surface area (Å²) in [4.78, 5) is 13.9. The Kier molecular flexibility index (Phi) is 4.19. The van der Waals surface area contributed by atoms with Gasteiger partial charge in [0, 0.05) is 19.0 Å². The van der Waals surface area contributed by atoms with E-state index < -0.39 is 0 Å². The summed E-state index contributed by atoms with van der Waals surface area (Å²) in [6, 6.07) is 10.3. The van der Waals surface area contributed by atoms with Crippen molar-refractivity contribution >= 4 is 11.5 Å². The molecule has 0 N–H and O–H groups in total. The fourth-order valence-corrected chi connectivity index (χ4v) is 2.03. The molecule has 0 radical (unpaired) electrons. The first-order valence-corrected chi connectivity index (χ1v) is 6.73. The molecule has 1 aliphatic rings. The van der Waals surface area contributed by atoms with Crippen LogP contribution in [0.4, 0.5) is 0 Å². The van der Waals surface area contributed by atoms with Crippen molar-refractivity contribution in [2.24, 2.45) is 5.92 Å². The van der Waals surface area contributed by atoms with Gasteiger partial charge in [-0.15, -0.1) is 0 Å². The number of carbonyl (C=O) groups is 1. The molecule has 0 bridgehead atoms. The number of benzene rings is 1. The van der Waals surface area contributed by atoms with Crippen LogP contribution in [0, 0.1) is 5.92 Å². The van der Waals surface area contributed by atoms with E-state index in [1.54, 1.807) is 0 Å². The molecule has 1 aliphatic carbocycles. The Morgan fingerprint density at radius 2 is 2.00 bits per heavy atom. The van der Waals surface area contributed by atoms with Gasteiger partial charge < -0.3 is 4.90 Å². The predicted octanol–water partition coefficient (Wildman–Crippen LogP) is 3.35. The third-order valence-corrected chi connectivity index (χ3v) is 3.47. The van der Waals surface area contributed by atoms with Crippen LogP contribution in [0.1, 0.15) is 32.3 Å². The average Bonchev–Trinajstić information content (AvgIpc) is 3.24. The topological polar surface area (TPSA) is 20.3 Å². The highest BCUT2D eigenvalue weighted by atomic mass is 16.2. The Balaban J connectivity index is 1.97. The second-order valence-electron chi connectivity index (χ2n) is 4.90. The van der Waals surface area contributed by atoms with Gasteiger partial charge in [0.2, 0.25) is 5.91 Å². The third kappa shape index (κ3) is 3.22. The first-order chi connectivity index (χ1) is 8.72. The Hall–Kier alpha value is -1.57. The molecule has 0 aromatic heterocycles. The summed E-state index contributed by atoms with van der Waals surface area (Å²) in [6.45, 7) is 5.68. The summed E-state index contributed by atoms with van der Waals surface area (Å²) < 4.78 is 0. The number of nitrogens with zero attached hydrogens (tertiary/aromatic N) is 1. The van der Waals surface area contributed by atoms with E-state index in [4.69, 9.17) is 0 Å². The van der Waals surface area contributed by atoms with E-state index in [0.29, 0.717) is 11.8 Å². The minimum atomic E-state index is 0.315. The Bertz CT molecular complexity index is 432. The van der Waals surface area contributed by atoms with Crippen molar-refractivity contribution in [2.45, 2.75) is 26.7 Å². The Morgan fingerprint density at radius 1 is 1.33 bits per heavy atom. The maximum absolute atomic E-state index is 12.0. The molecule has 1 aromatic carbocycles. The number of hydrogen-bond donors (Lipinski definition) is 0. The van der Waals surface area contributed by atoms with Crippen molar-refractivity contribution in [2.75, 3.05) is 13.1 Å². The van der Waals surface area contributed by atoms with Crippen LogP contribution in [-0.2, 0) is 4.79 Å². The fourth-order valence-electron chi connectivity index (χ4n) is 2.03. The first kappa shape index (κ1) is 12.9. The minimum Gasteiger partial charge on any atom is -0.339 e. The van der Waals surface area contributed by atoms with Gasteiger partial charge in [-0.25, -0.2) is 0 Å². The number of amides is 1. The van der Waals surface area contributed by atoms with Crippen LogP contribution in [0.15, 0.2) is 36.4 Å². The van der Waals surface area contributed by atoms with E-state index in [1.165, 1.54) is 11.1 Å². The van der Waals surface area contributed by atoms with Crippen LogP contribution < -0.4 is 0 Å². The highest BCUT2D eigenvalue weighted by Crippen LogP contribution is 2.31. The normalized spacial score (nSPS) is 15.6. The van der Waals surface area contributed by atoms with Gasteiger partial charge in [0.25, 0.3) is 0 Å². The summed E-state index contributed by atoms with van der Waals surface area (Å²) in [5, 5.41) is 0. The summed E-state index contributed by atoms with van der Waals surface area (Å²) in [5.74, 6) is 0.644. The molecule has 1 amide bonds. The van der Waals surface area contributed by atoms with Crippen molar-refractivity contribution < 1.29 is 4.79 Å². The highest BCUT2D eigenvalue weighted by molar-refractivity contribution is 5.81. The average molecular weight is 243 g/mol. The van der Waals surface area contributed by atoms with Crippen molar-refractivity contribution in [3.63, 3.8) is 0 Å². The van der Waals surface area contributed by atoms with Gasteiger partial charge in [-0.2, -0.15) is 0 Å². The third-order valence-electron chi connectivity index (χ3n) is 3.47. The lowest BCUT2D eigenvalue weighted by atomic mass is 10.1. The maximum Gasteiger partial charge on any atom is 0.225 e. The number of allylic oxidation sites excluding steroid dienone is 1. The molecule has 1 saturated carbocycles. The molecule has 18 heavy (non-hydrogen) atoms. The van der Waals surface area contributed by atoms with E-state index in [-0.39, 0.29) is 0 Å². The van der Waals surface area contributed by atoms with Gasteiger partial charge in [0.1, 0.15) is 0 Å². The summed E-state index contributed by atoms with van der Waals surface area (Å²) in [6.07, 6.45) is 4.31. The Morgan fingerprint density at radius 3 is 2.56 bits per heavy atom. The number of hydrogen-bond acceptors (Lipinski definition) is 1. The molecule has 2 heteroatoms. The lowest BCUT2D eigenvalue weighted by Crippen LogP contribution is -2.32. The second kappa shape index (κ2) is 5.85. The van der Waals surface area contributed by atoms with E-state index in [9.17, 15) is 4.79 Å². The van der Waals surface area contributed by atoms with E-state index in [1.807, 2.05) is 30.0 Å². The molecule has 0 saturated heterocycles. The van der Waals surface area contributed by atoms with Crippen molar-refractivity contribution in [1.82, 2.24) is 4.90 Å². The molecule has 0 unspecified atom stereocenters. The lowest BCUT2D eigenvalue weighted by Gasteiger charge is -2.19. The van der Waals surface area contributed by atoms with Gasteiger partial charge in [-0.05, 0) is 37.8 Å². The van der Waals surface area contributed by atoms with E-state index in [2.05, 4.69) is 25.1 Å². The minimum absolute atomic E-state index is 0.315. The predicted molar refractivity (Wildman–Crippen MR) is 75.1 cm³/mol. The van der Waals surface area contributed by atoms with Crippen LogP contribution in [0.2, 0.25) is 0 Å². The van der Waals surface area contributed by atoms with Crippen molar-refractivity contribution in [3.8, 4) is 0 Å². The zero-order chi connectivity index (χ0) is 13.0. The smallest absolute Gasteiger partial charge is 0.225 e. The molecular formula is C16H21NO. The molecule has 1 fully saturated rings. The van der Waals surface area contributed by atoms with Crippen LogP contribution >= 0.6 is 0 Å². The molecular weight excluding hydrogens is 222 g/mol. The van der Waals surface area contributed by atoms with E-state index in [0.717, 1.165) is 25.9 Å². The van der Waals surface area contributed by atoms with E-state index >= 15 is 0 Å². The second-order valence-corrected chi connectivity index (χ2v) is 4.90. The number of carbonyl (C=O) groups excluding carboxylic acids is 1. The zero-order valence-corrected chi connectivity index (χ0v) is 11.2. The van der Waals surface area contributed by atoms with Gasteiger partial charge in [-0.3, -0.25) is 4.79 Å². The van der Waals surface area contributed by atoms with Gasteiger partial charge in [-0.1, -0.05) is 36.4 Å². The summed E-state index contributed by atoms with van der Waals surface area (Å²) >= 11 is 0. The van der Waals surface area contributed by atoms with Gasteiger partial charge in [0.05, 0.1) is 0 Å². The number of rotatable bonds is 5. The zero-order valence-electron chi connectivity index (χ0n) is 11.2. The van der Waals surface area contributed by atoms with Crippen LogP contribution in [0.3, 0.4) is 0 Å². The molecule has 0 aliphatic heterocycles. The standard InChI is InChI=1S/C16H21NO/c1-3-17(16(18)15-9-10-15)12-11-13(2)14-7-5-4-6-8-14/h4-8,11,15H,3,9-10,12H2,1-2H3/b13-11+. The van der Waals surface area contributed by atoms with Gasteiger partial charge in [0.15, 0.2) is 0 Å². The molecule has 2 nitrogen and oxygen atoms in total. The molecule has 0 spiro atoms. The van der Waals surface area contributed by atoms with Crippen molar-refractivity contribution in [1.29, 1.82) is 0 Å². The van der Waals surface area contributed by atoms with Crippen LogP contribution in [-0.4, -0.2) is 23.9 Å². The maximum atomic E-state index is 12.0. The van der Waals surface area contributed by atoms with Crippen LogP contribution in [0.25, 0.3) is 5.57 Å². The number of likely N-dealkylation sites (N-methyl/N-ethyl adjacent to an activating group) is 1. The fraction of sp³-hybridized carbons (Fsp3) is 0.438. The monoisotopic (exact) mass is 243 g/mol. The first-order valence-electron chi connectivity index (χ1n) is 6.73.